The van der Waals surface area contributed by atoms with Crippen LogP contribution in [0.2, 0.25) is 0 Å². The van der Waals surface area contributed by atoms with Crippen LogP contribution in [0, 0.1) is 0 Å². The predicted octanol–water partition coefficient (Wildman–Crippen LogP) is 4.26. The second kappa shape index (κ2) is 8.70. The molecular formula is C25H25N5O2. The summed E-state index contributed by atoms with van der Waals surface area (Å²) in [7, 11) is 1.66. The van der Waals surface area contributed by atoms with Crippen LogP contribution in [0.3, 0.4) is 0 Å². The summed E-state index contributed by atoms with van der Waals surface area (Å²) < 4.78 is 7.48. The van der Waals surface area contributed by atoms with Crippen LogP contribution < -0.4 is 10.1 Å². The molecule has 0 aliphatic carbocycles. The van der Waals surface area contributed by atoms with E-state index in [9.17, 15) is 4.79 Å². The molecule has 2 aromatic carbocycles. The maximum absolute atomic E-state index is 12.8. The topological polar surface area (TPSA) is 72.3 Å². The first kappa shape index (κ1) is 20.1. The quantitative estimate of drug-likeness (QED) is 0.516. The van der Waals surface area contributed by atoms with E-state index in [1.807, 2.05) is 71.6 Å². The molecule has 0 saturated carbocycles. The lowest BCUT2D eigenvalue weighted by atomic mass is 10.2. The Morgan fingerprint density at radius 3 is 2.69 bits per heavy atom. The normalized spacial score (nSPS) is 15.8. The zero-order valence-corrected chi connectivity index (χ0v) is 17.9. The fraction of sp³-hybridized carbons (Fsp3) is 0.240. The van der Waals surface area contributed by atoms with Crippen molar-refractivity contribution in [2.45, 2.75) is 19.0 Å². The third kappa shape index (κ3) is 3.89. The summed E-state index contributed by atoms with van der Waals surface area (Å²) in [4.78, 5) is 24.1. The number of hydrogen-bond donors (Lipinski definition) is 1. The molecule has 4 aromatic rings. The Hall–Kier alpha value is -3.87. The van der Waals surface area contributed by atoms with Gasteiger partial charge in [0.05, 0.1) is 13.2 Å². The lowest BCUT2D eigenvalue weighted by molar-refractivity contribution is 0.207. The molecule has 2 amide bonds. The molecule has 32 heavy (non-hydrogen) atoms. The molecular weight excluding hydrogens is 402 g/mol. The number of imidazole rings is 1. The van der Waals surface area contributed by atoms with Gasteiger partial charge in [-0.05, 0) is 48.4 Å². The Morgan fingerprint density at radius 1 is 1.09 bits per heavy atom. The van der Waals surface area contributed by atoms with Crippen LogP contribution in [0.5, 0.6) is 5.75 Å². The lowest BCUT2D eigenvalue weighted by Crippen LogP contribution is -2.38. The zero-order valence-electron chi connectivity index (χ0n) is 17.9. The van der Waals surface area contributed by atoms with Gasteiger partial charge in [-0.2, -0.15) is 0 Å². The maximum atomic E-state index is 12.8. The van der Waals surface area contributed by atoms with Crippen molar-refractivity contribution in [1.29, 1.82) is 0 Å². The van der Waals surface area contributed by atoms with Gasteiger partial charge in [0.15, 0.2) is 5.65 Å². The van der Waals surface area contributed by atoms with Crippen LogP contribution in [-0.4, -0.2) is 45.7 Å². The van der Waals surface area contributed by atoms with Gasteiger partial charge >= 0.3 is 6.03 Å². The fourth-order valence-corrected chi connectivity index (χ4v) is 4.24. The van der Waals surface area contributed by atoms with E-state index in [1.165, 1.54) is 0 Å². The summed E-state index contributed by atoms with van der Waals surface area (Å²) in [6.07, 6.45) is 2.64. The number of ether oxygens (including phenoxy) is 1. The summed E-state index contributed by atoms with van der Waals surface area (Å²) in [5.41, 5.74) is 3.78. The average molecular weight is 428 g/mol. The van der Waals surface area contributed by atoms with E-state index in [4.69, 9.17) is 9.72 Å². The monoisotopic (exact) mass is 427 g/mol. The highest BCUT2D eigenvalue weighted by Gasteiger charge is 2.30. The minimum Gasteiger partial charge on any atom is -0.497 e. The molecule has 0 bridgehead atoms. The lowest BCUT2D eigenvalue weighted by Gasteiger charge is -2.19. The third-order valence-electron chi connectivity index (χ3n) is 5.90. The number of methoxy groups -OCH3 is 1. The van der Waals surface area contributed by atoms with Gasteiger partial charge < -0.3 is 19.5 Å². The Morgan fingerprint density at radius 2 is 1.91 bits per heavy atom. The first-order valence-corrected chi connectivity index (χ1v) is 10.8. The molecule has 1 fully saturated rings. The molecule has 7 nitrogen and oxygen atoms in total. The van der Waals surface area contributed by atoms with Crippen molar-refractivity contribution in [2.75, 3.05) is 20.2 Å². The van der Waals surface area contributed by atoms with Gasteiger partial charge in [0.2, 0.25) is 0 Å². The van der Waals surface area contributed by atoms with Crippen molar-refractivity contribution in [2.24, 2.45) is 0 Å². The second-order valence-electron chi connectivity index (χ2n) is 7.91. The highest BCUT2D eigenvalue weighted by molar-refractivity contribution is 5.78. The number of rotatable bonds is 5. The van der Waals surface area contributed by atoms with Crippen molar-refractivity contribution in [3.63, 3.8) is 0 Å². The number of hydrogen-bond acceptors (Lipinski definition) is 4. The molecule has 1 aliphatic rings. The summed E-state index contributed by atoms with van der Waals surface area (Å²) in [6.45, 7) is 1.83. The second-order valence-corrected chi connectivity index (χ2v) is 7.91. The van der Waals surface area contributed by atoms with E-state index in [0.29, 0.717) is 19.6 Å². The van der Waals surface area contributed by atoms with Gasteiger partial charge in [-0.15, -0.1) is 0 Å². The number of amides is 2. The van der Waals surface area contributed by atoms with Gasteiger partial charge in [0.1, 0.15) is 17.1 Å². The third-order valence-corrected chi connectivity index (χ3v) is 5.90. The molecule has 1 atom stereocenters. The average Bonchev–Trinajstić information content (AvgIpc) is 3.48. The van der Waals surface area contributed by atoms with Crippen LogP contribution in [-0.2, 0) is 6.54 Å². The Bertz CT molecular complexity index is 1220. The smallest absolute Gasteiger partial charge is 0.317 e. The molecule has 1 unspecified atom stereocenters. The first-order chi connectivity index (χ1) is 15.7. The molecule has 2 aromatic heterocycles. The number of nitrogens with one attached hydrogen (secondary N) is 1. The number of pyridine rings is 1. The fourth-order valence-electron chi connectivity index (χ4n) is 4.24. The first-order valence-electron chi connectivity index (χ1n) is 10.8. The van der Waals surface area contributed by atoms with Crippen LogP contribution in [0.1, 0.15) is 18.0 Å². The largest absolute Gasteiger partial charge is 0.497 e. The molecule has 162 valence electrons. The molecule has 1 N–H and O–H groups in total. The molecule has 3 heterocycles. The summed E-state index contributed by atoms with van der Waals surface area (Å²) in [5.74, 6) is 1.66. The van der Waals surface area contributed by atoms with E-state index in [-0.39, 0.29) is 12.1 Å². The highest BCUT2D eigenvalue weighted by Crippen LogP contribution is 2.32. The minimum absolute atomic E-state index is 0.0419. The number of urea groups is 1. The summed E-state index contributed by atoms with van der Waals surface area (Å²) in [6, 6.07) is 21.8. The molecule has 1 saturated heterocycles. The van der Waals surface area contributed by atoms with E-state index < -0.39 is 0 Å². The van der Waals surface area contributed by atoms with Crippen LogP contribution in [0.25, 0.3) is 22.6 Å². The summed E-state index contributed by atoms with van der Waals surface area (Å²) >= 11 is 0. The Balaban J connectivity index is 1.39. The number of carbonyl (C=O) groups is 1. The van der Waals surface area contributed by atoms with Gasteiger partial charge in [-0.3, -0.25) is 0 Å². The Kier molecular flexibility index (Phi) is 5.46. The van der Waals surface area contributed by atoms with E-state index in [0.717, 1.165) is 40.3 Å². The maximum Gasteiger partial charge on any atom is 0.317 e. The van der Waals surface area contributed by atoms with Gasteiger partial charge in [0.25, 0.3) is 0 Å². The number of aromatic nitrogens is 3. The number of benzene rings is 2. The van der Waals surface area contributed by atoms with Crippen LogP contribution in [0.15, 0.2) is 72.9 Å². The predicted molar refractivity (Wildman–Crippen MR) is 123 cm³/mol. The van der Waals surface area contributed by atoms with Gasteiger partial charge in [0, 0.05) is 31.4 Å². The molecule has 7 heteroatoms. The van der Waals surface area contributed by atoms with Crippen molar-refractivity contribution in [1.82, 2.24) is 24.8 Å². The Labute approximate surface area is 186 Å². The number of likely N-dealkylation sites (tertiary alicyclic amines) is 1. The van der Waals surface area contributed by atoms with Crippen LogP contribution in [0.4, 0.5) is 4.79 Å². The molecule has 0 spiro atoms. The SMILES string of the molecule is COc1ccc(-c2nc3cccnc3n2C2CCN(C(=O)NCc3ccccc3)C2)cc1. The summed E-state index contributed by atoms with van der Waals surface area (Å²) in [5, 5.41) is 3.04. The molecule has 0 radical (unpaired) electrons. The number of nitrogens with zero attached hydrogens (tertiary/aromatic N) is 4. The van der Waals surface area contributed by atoms with Crippen molar-refractivity contribution >= 4 is 17.2 Å². The number of fused-ring (bicyclic) bond motifs is 1. The van der Waals surface area contributed by atoms with Crippen molar-refractivity contribution < 1.29 is 9.53 Å². The van der Waals surface area contributed by atoms with E-state index in [1.54, 1.807) is 13.3 Å². The van der Waals surface area contributed by atoms with E-state index >= 15 is 0 Å². The van der Waals surface area contributed by atoms with Crippen molar-refractivity contribution in [3.8, 4) is 17.1 Å². The highest BCUT2D eigenvalue weighted by atomic mass is 16.5. The van der Waals surface area contributed by atoms with Gasteiger partial charge in [-0.1, -0.05) is 30.3 Å². The standard InChI is InChI=1S/C25H25N5O2/c1-32-21-11-9-19(10-12-21)23-28-22-8-5-14-26-24(22)30(23)20-13-15-29(17-20)25(31)27-16-18-6-3-2-4-7-18/h2-12,14,20H,13,15-17H2,1H3,(H,27,31). The minimum atomic E-state index is -0.0419. The molecule has 5 rings (SSSR count). The van der Waals surface area contributed by atoms with Crippen molar-refractivity contribution in [3.05, 3.63) is 78.5 Å². The molecule has 1 aliphatic heterocycles. The van der Waals surface area contributed by atoms with Crippen LogP contribution >= 0.6 is 0 Å². The zero-order chi connectivity index (χ0) is 21.9. The van der Waals surface area contributed by atoms with Gasteiger partial charge in [-0.25, -0.2) is 14.8 Å². The number of carbonyl (C=O) groups excluding carboxylic acids is 1. The van der Waals surface area contributed by atoms with E-state index in [2.05, 4.69) is 14.9 Å².